The molecule has 1 aromatic rings. The third kappa shape index (κ3) is 2.53. The molecule has 0 saturated heterocycles. The lowest BCUT2D eigenvalue weighted by molar-refractivity contribution is 0.791. The quantitative estimate of drug-likeness (QED) is 0.663. The normalized spacial score (nSPS) is 10.2. The molecule has 0 aliphatic heterocycles. The van der Waals surface area contributed by atoms with Gasteiger partial charge in [0.25, 0.3) is 0 Å². The van der Waals surface area contributed by atoms with Gasteiger partial charge < -0.3 is 0 Å². The average Bonchev–Trinajstić information content (AvgIpc) is 2.03. The van der Waals surface area contributed by atoms with Gasteiger partial charge in [-0.1, -0.05) is 31.0 Å². The Morgan fingerprint density at radius 3 is 2.67 bits per heavy atom. The number of rotatable bonds is 3. The highest BCUT2D eigenvalue weighted by atomic mass is 35.5. The van der Waals surface area contributed by atoms with Crippen molar-refractivity contribution in [2.24, 2.45) is 0 Å². The van der Waals surface area contributed by atoms with Crippen LogP contribution in [0.4, 0.5) is 0 Å². The molecule has 0 spiro atoms. The summed E-state index contributed by atoms with van der Waals surface area (Å²) in [6, 6.07) is 6.14. The van der Waals surface area contributed by atoms with Gasteiger partial charge in [-0.25, -0.2) is 0 Å². The van der Waals surface area contributed by atoms with Crippen LogP contribution in [0.15, 0.2) is 18.2 Å². The van der Waals surface area contributed by atoms with Gasteiger partial charge in [0, 0.05) is 5.02 Å². The van der Waals surface area contributed by atoms with Gasteiger partial charge in [0.05, 0.1) is 0 Å². The Morgan fingerprint density at radius 2 is 2.08 bits per heavy atom. The van der Waals surface area contributed by atoms with Crippen molar-refractivity contribution in [3.8, 4) is 0 Å². The van der Waals surface area contributed by atoms with E-state index in [2.05, 4.69) is 19.9 Å². The largest absolute Gasteiger partial charge is 0.0843 e. The summed E-state index contributed by atoms with van der Waals surface area (Å²) >= 11 is 5.85. The van der Waals surface area contributed by atoms with Gasteiger partial charge in [-0.15, -0.1) is 0 Å². The molecular weight excluding hydrogens is 168 g/mol. The molecule has 0 aliphatic carbocycles. The van der Waals surface area contributed by atoms with E-state index in [0.717, 1.165) is 5.02 Å². The Labute approximate surface area is 79.6 Å². The molecule has 1 aromatic carbocycles. The molecule has 1 heteroatoms. The summed E-state index contributed by atoms with van der Waals surface area (Å²) < 4.78 is 0. The first-order valence-corrected chi connectivity index (χ1v) is 4.87. The minimum atomic E-state index is 0.841. The van der Waals surface area contributed by atoms with Crippen LogP contribution in [0.25, 0.3) is 0 Å². The van der Waals surface area contributed by atoms with E-state index in [0.29, 0.717) is 0 Å². The summed E-state index contributed by atoms with van der Waals surface area (Å²) in [5.41, 5.74) is 2.75. The second-order valence-corrected chi connectivity index (χ2v) is 3.61. The molecular formula is C11H15Cl. The molecule has 0 atom stereocenters. The van der Waals surface area contributed by atoms with Crippen LogP contribution in [0.5, 0.6) is 0 Å². The minimum Gasteiger partial charge on any atom is -0.0843 e. The molecule has 0 bridgehead atoms. The van der Waals surface area contributed by atoms with Crippen LogP contribution in [0, 0.1) is 6.92 Å². The third-order valence-electron chi connectivity index (χ3n) is 2.10. The molecule has 12 heavy (non-hydrogen) atoms. The number of unbranched alkanes of at least 4 members (excludes halogenated alkanes) is 1. The van der Waals surface area contributed by atoms with E-state index < -0.39 is 0 Å². The van der Waals surface area contributed by atoms with Crippen LogP contribution in [-0.2, 0) is 6.42 Å². The topological polar surface area (TPSA) is 0 Å². The lowest BCUT2D eigenvalue weighted by Gasteiger charge is -2.04. The first-order valence-electron chi connectivity index (χ1n) is 4.49. The Morgan fingerprint density at radius 1 is 1.33 bits per heavy atom. The van der Waals surface area contributed by atoms with E-state index >= 15 is 0 Å². The smallest absolute Gasteiger partial charge is 0.0408 e. The molecule has 0 unspecified atom stereocenters. The summed E-state index contributed by atoms with van der Waals surface area (Å²) in [5.74, 6) is 0. The fraction of sp³-hybridized carbons (Fsp3) is 0.455. The maximum Gasteiger partial charge on any atom is 0.0408 e. The van der Waals surface area contributed by atoms with Gasteiger partial charge >= 0.3 is 0 Å². The minimum absolute atomic E-state index is 0.841. The van der Waals surface area contributed by atoms with Gasteiger partial charge in [0.15, 0.2) is 0 Å². The number of halogens is 1. The summed E-state index contributed by atoms with van der Waals surface area (Å²) in [7, 11) is 0. The first kappa shape index (κ1) is 9.60. The van der Waals surface area contributed by atoms with Crippen molar-refractivity contribution in [1.82, 2.24) is 0 Å². The number of aryl methyl sites for hydroxylation is 2. The monoisotopic (exact) mass is 182 g/mol. The van der Waals surface area contributed by atoms with Crippen molar-refractivity contribution in [2.75, 3.05) is 0 Å². The third-order valence-corrected chi connectivity index (χ3v) is 2.34. The zero-order valence-electron chi connectivity index (χ0n) is 7.73. The average molecular weight is 183 g/mol. The van der Waals surface area contributed by atoms with Crippen molar-refractivity contribution in [3.63, 3.8) is 0 Å². The molecule has 0 nitrogen and oxygen atoms in total. The van der Waals surface area contributed by atoms with Gasteiger partial charge in [-0.2, -0.15) is 0 Å². The van der Waals surface area contributed by atoms with Crippen molar-refractivity contribution in [2.45, 2.75) is 33.1 Å². The van der Waals surface area contributed by atoms with Gasteiger partial charge in [-0.3, -0.25) is 0 Å². The van der Waals surface area contributed by atoms with Gasteiger partial charge in [-0.05, 0) is 43.0 Å². The molecule has 0 aromatic heterocycles. The van der Waals surface area contributed by atoms with E-state index in [9.17, 15) is 0 Å². The SMILES string of the molecule is CCCCc1ccc(Cl)cc1C. The lowest BCUT2D eigenvalue weighted by Crippen LogP contribution is -1.88. The Hall–Kier alpha value is -0.490. The molecule has 0 heterocycles. The van der Waals surface area contributed by atoms with Gasteiger partial charge in [0.1, 0.15) is 0 Å². The van der Waals surface area contributed by atoms with Crippen molar-refractivity contribution in [1.29, 1.82) is 0 Å². The summed E-state index contributed by atoms with van der Waals surface area (Å²) in [6.45, 7) is 4.34. The van der Waals surface area contributed by atoms with E-state index in [-0.39, 0.29) is 0 Å². The standard InChI is InChI=1S/C11H15Cl/c1-3-4-5-10-6-7-11(12)8-9(10)2/h6-8H,3-5H2,1-2H3. The van der Waals surface area contributed by atoms with Gasteiger partial charge in [0.2, 0.25) is 0 Å². The number of benzene rings is 1. The summed E-state index contributed by atoms with van der Waals surface area (Å²) in [4.78, 5) is 0. The number of hydrogen-bond donors (Lipinski definition) is 0. The van der Waals surface area contributed by atoms with Crippen LogP contribution < -0.4 is 0 Å². The fourth-order valence-corrected chi connectivity index (χ4v) is 1.53. The summed E-state index contributed by atoms with van der Waals surface area (Å²) in [6.07, 6.45) is 3.70. The van der Waals surface area contributed by atoms with Crippen molar-refractivity contribution >= 4 is 11.6 Å². The Kier molecular flexibility index (Phi) is 3.61. The summed E-state index contributed by atoms with van der Waals surface area (Å²) in [5, 5.41) is 0.841. The maximum absolute atomic E-state index is 5.85. The van der Waals surface area contributed by atoms with Crippen LogP contribution >= 0.6 is 11.6 Å². The lowest BCUT2D eigenvalue weighted by atomic mass is 10.0. The van der Waals surface area contributed by atoms with E-state index in [1.165, 1.54) is 30.4 Å². The Bertz CT molecular complexity index is 253. The predicted octanol–water partition coefficient (Wildman–Crippen LogP) is 3.99. The molecule has 0 amide bonds. The second-order valence-electron chi connectivity index (χ2n) is 3.17. The van der Waals surface area contributed by atoms with Crippen molar-refractivity contribution in [3.05, 3.63) is 34.3 Å². The van der Waals surface area contributed by atoms with Crippen LogP contribution in [0.1, 0.15) is 30.9 Å². The fourth-order valence-electron chi connectivity index (χ4n) is 1.31. The molecule has 0 saturated carbocycles. The Balaban J connectivity index is 2.72. The molecule has 0 aliphatic rings. The van der Waals surface area contributed by atoms with Crippen molar-refractivity contribution < 1.29 is 0 Å². The predicted molar refractivity (Wildman–Crippen MR) is 54.8 cm³/mol. The van der Waals surface area contributed by atoms with E-state index in [4.69, 9.17) is 11.6 Å². The zero-order chi connectivity index (χ0) is 8.97. The molecule has 0 fully saturated rings. The molecule has 0 N–H and O–H groups in total. The highest BCUT2D eigenvalue weighted by molar-refractivity contribution is 6.30. The maximum atomic E-state index is 5.85. The molecule has 1 rings (SSSR count). The van der Waals surface area contributed by atoms with Crippen LogP contribution in [-0.4, -0.2) is 0 Å². The highest BCUT2D eigenvalue weighted by Gasteiger charge is 1.97. The second kappa shape index (κ2) is 4.51. The first-order chi connectivity index (χ1) is 5.74. The van der Waals surface area contributed by atoms with E-state index in [1.807, 2.05) is 12.1 Å². The zero-order valence-corrected chi connectivity index (χ0v) is 8.49. The molecule has 0 radical (unpaired) electrons. The van der Waals surface area contributed by atoms with Crippen LogP contribution in [0.2, 0.25) is 5.02 Å². The van der Waals surface area contributed by atoms with E-state index in [1.54, 1.807) is 0 Å². The molecule has 66 valence electrons. The number of hydrogen-bond acceptors (Lipinski definition) is 0. The van der Waals surface area contributed by atoms with Crippen LogP contribution in [0.3, 0.4) is 0 Å². The highest BCUT2D eigenvalue weighted by Crippen LogP contribution is 2.16.